The average molecular weight is 457 g/mol. The number of hydrogen-bond acceptors (Lipinski definition) is 5. The summed E-state index contributed by atoms with van der Waals surface area (Å²) in [4.78, 5) is 37.5. The second-order valence-electron chi connectivity index (χ2n) is 6.76. The van der Waals surface area contributed by atoms with Crippen molar-refractivity contribution in [1.82, 2.24) is 5.32 Å². The molecule has 0 aliphatic rings. The molecule has 2 aromatic rings. The fourth-order valence-corrected chi connectivity index (χ4v) is 3.96. The molecule has 1 amide bonds. The van der Waals surface area contributed by atoms with Crippen LogP contribution in [0.5, 0.6) is 0 Å². The number of nitrogens with one attached hydrogen (secondary N) is 2. The van der Waals surface area contributed by atoms with E-state index in [4.69, 9.17) is 23.2 Å². The number of carbonyl (C=O) groups is 3. The molecule has 0 fully saturated rings. The number of aryl methyl sites for hydroxylation is 1. The van der Waals surface area contributed by atoms with Crippen LogP contribution in [0.3, 0.4) is 0 Å². The summed E-state index contributed by atoms with van der Waals surface area (Å²) in [6.45, 7) is 5.27. The van der Waals surface area contributed by atoms with Gasteiger partial charge in [-0.2, -0.15) is 0 Å². The number of amides is 1. The molecule has 0 radical (unpaired) electrons. The molecule has 0 saturated heterocycles. The standard InChI is InChI=1S/C20H22Cl2N2O4S/c1-4-12-8-13(18(26)11-5-6-14(21)15(22)7-11)19(29-12)24-16(25)9-23-17(10(2)3)20(27)28/h5-8,10,17,23H,4,9H2,1-3H3,(H,24,25)(H,27,28)/t17-/m0/s1. The summed E-state index contributed by atoms with van der Waals surface area (Å²) in [6, 6.07) is 5.51. The molecule has 0 aliphatic carbocycles. The Morgan fingerprint density at radius 1 is 1.14 bits per heavy atom. The molecule has 0 saturated carbocycles. The van der Waals surface area contributed by atoms with Crippen LogP contribution in [-0.2, 0) is 16.0 Å². The molecule has 9 heteroatoms. The highest BCUT2D eigenvalue weighted by molar-refractivity contribution is 7.16. The van der Waals surface area contributed by atoms with E-state index in [0.717, 1.165) is 4.88 Å². The SMILES string of the molecule is CCc1cc(C(=O)c2ccc(Cl)c(Cl)c2)c(NC(=O)CN[C@H](C(=O)O)C(C)C)s1. The normalized spacial score (nSPS) is 12.1. The van der Waals surface area contributed by atoms with Gasteiger partial charge >= 0.3 is 5.97 Å². The van der Waals surface area contributed by atoms with Crippen LogP contribution in [0.25, 0.3) is 0 Å². The Labute approximate surface area is 183 Å². The number of hydrogen-bond donors (Lipinski definition) is 3. The van der Waals surface area contributed by atoms with E-state index in [1.165, 1.54) is 17.4 Å². The number of ketones is 1. The summed E-state index contributed by atoms with van der Waals surface area (Å²) in [5, 5.41) is 15.7. The van der Waals surface area contributed by atoms with Crippen LogP contribution in [0.15, 0.2) is 24.3 Å². The molecule has 0 spiro atoms. The van der Waals surface area contributed by atoms with Gasteiger partial charge in [-0.15, -0.1) is 11.3 Å². The number of rotatable bonds is 9. The molecule has 1 aromatic heterocycles. The summed E-state index contributed by atoms with van der Waals surface area (Å²) in [5.41, 5.74) is 0.719. The maximum atomic E-state index is 12.9. The number of carboxylic acid groups (broad SMARTS) is 1. The quantitative estimate of drug-likeness (QED) is 0.483. The first-order valence-corrected chi connectivity index (χ1v) is 10.6. The van der Waals surface area contributed by atoms with Crippen molar-refractivity contribution in [3.8, 4) is 0 Å². The Kier molecular flexibility index (Phi) is 8.22. The van der Waals surface area contributed by atoms with Crippen molar-refractivity contribution in [2.45, 2.75) is 33.2 Å². The van der Waals surface area contributed by atoms with E-state index >= 15 is 0 Å². The van der Waals surface area contributed by atoms with Gasteiger partial charge in [-0.05, 0) is 36.6 Å². The largest absolute Gasteiger partial charge is 0.480 e. The van der Waals surface area contributed by atoms with Gasteiger partial charge in [-0.1, -0.05) is 44.0 Å². The Morgan fingerprint density at radius 3 is 2.38 bits per heavy atom. The van der Waals surface area contributed by atoms with E-state index in [-0.39, 0.29) is 23.3 Å². The smallest absolute Gasteiger partial charge is 0.320 e. The summed E-state index contributed by atoms with van der Waals surface area (Å²) in [5.74, 6) is -1.91. The van der Waals surface area contributed by atoms with Crippen LogP contribution in [0.2, 0.25) is 10.0 Å². The highest BCUT2D eigenvalue weighted by Crippen LogP contribution is 2.32. The summed E-state index contributed by atoms with van der Waals surface area (Å²) in [6.07, 6.45) is 0.703. The van der Waals surface area contributed by atoms with Gasteiger partial charge in [0.05, 0.1) is 22.2 Å². The average Bonchev–Trinajstić information content (AvgIpc) is 3.05. The number of benzene rings is 1. The highest BCUT2D eigenvalue weighted by atomic mass is 35.5. The Bertz CT molecular complexity index is 927. The van der Waals surface area contributed by atoms with Crippen LogP contribution < -0.4 is 10.6 Å². The maximum absolute atomic E-state index is 12.9. The molecule has 3 N–H and O–H groups in total. The zero-order valence-electron chi connectivity index (χ0n) is 16.2. The molecule has 1 aromatic carbocycles. The summed E-state index contributed by atoms with van der Waals surface area (Å²) >= 11 is 13.2. The number of halogens is 2. The van der Waals surface area contributed by atoms with E-state index in [1.54, 1.807) is 32.0 Å². The van der Waals surface area contributed by atoms with Crippen molar-refractivity contribution >= 4 is 57.2 Å². The van der Waals surface area contributed by atoms with Gasteiger partial charge in [0.25, 0.3) is 0 Å². The van der Waals surface area contributed by atoms with Crippen molar-refractivity contribution in [1.29, 1.82) is 0 Å². The van der Waals surface area contributed by atoms with E-state index < -0.39 is 17.9 Å². The van der Waals surface area contributed by atoms with Crippen molar-refractivity contribution in [2.24, 2.45) is 5.92 Å². The molecule has 0 bridgehead atoms. The van der Waals surface area contributed by atoms with Crippen molar-refractivity contribution in [2.75, 3.05) is 11.9 Å². The lowest BCUT2D eigenvalue weighted by atomic mass is 10.0. The molecule has 1 atom stereocenters. The van der Waals surface area contributed by atoms with Gasteiger partial charge < -0.3 is 10.4 Å². The minimum atomic E-state index is -1.02. The minimum Gasteiger partial charge on any atom is -0.480 e. The van der Waals surface area contributed by atoms with Crippen LogP contribution >= 0.6 is 34.5 Å². The minimum absolute atomic E-state index is 0.180. The van der Waals surface area contributed by atoms with Gasteiger partial charge in [0.15, 0.2) is 5.78 Å². The van der Waals surface area contributed by atoms with E-state index in [1.807, 2.05) is 6.92 Å². The number of carbonyl (C=O) groups excluding carboxylic acids is 2. The van der Waals surface area contributed by atoms with Gasteiger partial charge in [-0.3, -0.25) is 19.7 Å². The van der Waals surface area contributed by atoms with E-state index in [9.17, 15) is 19.5 Å². The van der Waals surface area contributed by atoms with Gasteiger partial charge in [0.1, 0.15) is 11.0 Å². The number of aliphatic carboxylic acids is 1. The monoisotopic (exact) mass is 456 g/mol. The molecular weight excluding hydrogens is 435 g/mol. The fraction of sp³-hybridized carbons (Fsp3) is 0.350. The third kappa shape index (κ3) is 6.02. The number of thiophene rings is 1. The van der Waals surface area contributed by atoms with Gasteiger partial charge in [0.2, 0.25) is 5.91 Å². The first-order chi connectivity index (χ1) is 13.6. The van der Waals surface area contributed by atoms with Crippen LogP contribution in [0.4, 0.5) is 5.00 Å². The second-order valence-corrected chi connectivity index (χ2v) is 8.71. The van der Waals surface area contributed by atoms with Gasteiger partial charge in [0, 0.05) is 10.4 Å². The lowest BCUT2D eigenvalue weighted by Crippen LogP contribution is -2.44. The van der Waals surface area contributed by atoms with Crippen molar-refractivity contribution in [3.05, 3.63) is 50.3 Å². The molecule has 2 rings (SSSR count). The Hall–Kier alpha value is -1.93. The lowest BCUT2D eigenvalue weighted by Gasteiger charge is -2.17. The second kappa shape index (κ2) is 10.2. The number of carboxylic acids is 1. The molecule has 0 unspecified atom stereocenters. The third-order valence-corrected chi connectivity index (χ3v) is 6.16. The first-order valence-electron chi connectivity index (χ1n) is 9.02. The molecule has 0 aliphatic heterocycles. The van der Waals surface area contributed by atoms with Crippen LogP contribution in [-0.4, -0.2) is 35.4 Å². The lowest BCUT2D eigenvalue weighted by molar-refractivity contribution is -0.140. The molecule has 1 heterocycles. The van der Waals surface area contributed by atoms with Crippen LogP contribution in [0.1, 0.15) is 41.6 Å². The van der Waals surface area contributed by atoms with Crippen LogP contribution in [0, 0.1) is 5.92 Å². The zero-order valence-corrected chi connectivity index (χ0v) is 18.5. The Balaban J connectivity index is 2.19. The molecule has 6 nitrogen and oxygen atoms in total. The van der Waals surface area contributed by atoms with Gasteiger partial charge in [-0.25, -0.2) is 0 Å². The Morgan fingerprint density at radius 2 is 1.83 bits per heavy atom. The summed E-state index contributed by atoms with van der Waals surface area (Å²) in [7, 11) is 0. The van der Waals surface area contributed by atoms with E-state index in [2.05, 4.69) is 10.6 Å². The third-order valence-electron chi connectivity index (χ3n) is 4.23. The number of anilines is 1. The van der Waals surface area contributed by atoms with E-state index in [0.29, 0.717) is 27.6 Å². The summed E-state index contributed by atoms with van der Waals surface area (Å²) < 4.78 is 0. The molecule has 156 valence electrons. The van der Waals surface area contributed by atoms with Crippen molar-refractivity contribution in [3.63, 3.8) is 0 Å². The highest BCUT2D eigenvalue weighted by Gasteiger charge is 2.23. The predicted octanol–water partition coefficient (Wildman–Crippen LogP) is 4.49. The zero-order chi connectivity index (χ0) is 21.7. The predicted molar refractivity (Wildman–Crippen MR) is 116 cm³/mol. The first kappa shape index (κ1) is 23.3. The van der Waals surface area contributed by atoms with Crippen molar-refractivity contribution < 1.29 is 19.5 Å². The maximum Gasteiger partial charge on any atom is 0.320 e. The molecular formula is C20H22Cl2N2O4S. The topological polar surface area (TPSA) is 95.5 Å². The molecule has 29 heavy (non-hydrogen) atoms. The fourth-order valence-electron chi connectivity index (χ4n) is 2.65.